The van der Waals surface area contributed by atoms with E-state index in [9.17, 15) is 4.39 Å². The average Bonchev–Trinajstić information content (AvgIpc) is 3.09. The fraction of sp³-hybridized carbons (Fsp3) is 0. The smallest absolute Gasteiger partial charge is 0.123 e. The van der Waals surface area contributed by atoms with Crippen LogP contribution in [0.1, 0.15) is 0 Å². The van der Waals surface area contributed by atoms with Crippen LogP contribution in [0, 0.1) is 5.82 Å². The normalized spacial score (nSPS) is 10.7. The highest BCUT2D eigenvalue weighted by Crippen LogP contribution is 2.37. The van der Waals surface area contributed by atoms with Crippen molar-refractivity contribution in [1.29, 1.82) is 0 Å². The van der Waals surface area contributed by atoms with Gasteiger partial charge < -0.3 is 0 Å². The molecular weight excluding hydrogens is 301 g/mol. The highest BCUT2D eigenvalue weighted by atomic mass is 19.1. The van der Waals surface area contributed by atoms with E-state index in [1.54, 1.807) is 18.3 Å². The van der Waals surface area contributed by atoms with E-state index in [0.29, 0.717) is 0 Å². The maximum atomic E-state index is 13.3. The second-order valence-electron chi connectivity index (χ2n) is 5.41. The number of hydrogen-bond donors (Lipinski definition) is 1. The highest BCUT2D eigenvalue weighted by Gasteiger charge is 2.18. The lowest BCUT2D eigenvalue weighted by Crippen LogP contribution is -1.88. The second kappa shape index (κ2) is 6.08. The monoisotopic (exact) mass is 315 g/mol. The predicted molar refractivity (Wildman–Crippen MR) is 92.6 cm³/mol. The molecule has 24 heavy (non-hydrogen) atoms. The third-order valence-corrected chi connectivity index (χ3v) is 3.87. The second-order valence-corrected chi connectivity index (χ2v) is 5.41. The molecule has 1 N–H and O–H groups in total. The Morgan fingerprint density at radius 1 is 0.750 bits per heavy atom. The lowest BCUT2D eigenvalue weighted by Gasteiger charge is -2.06. The summed E-state index contributed by atoms with van der Waals surface area (Å²) in [4.78, 5) is 4.48. The largest absolute Gasteiger partial charge is 0.277 e. The van der Waals surface area contributed by atoms with Gasteiger partial charge in [-0.15, -0.1) is 0 Å². The van der Waals surface area contributed by atoms with Gasteiger partial charge in [-0.1, -0.05) is 36.4 Å². The van der Waals surface area contributed by atoms with Gasteiger partial charge in [0.2, 0.25) is 0 Å². The maximum Gasteiger partial charge on any atom is 0.123 e. The van der Waals surface area contributed by atoms with E-state index < -0.39 is 0 Å². The van der Waals surface area contributed by atoms with Crippen LogP contribution in [0.4, 0.5) is 4.39 Å². The van der Waals surface area contributed by atoms with Crippen molar-refractivity contribution in [3.63, 3.8) is 0 Å². The summed E-state index contributed by atoms with van der Waals surface area (Å²) in [5.74, 6) is -0.263. The van der Waals surface area contributed by atoms with Crippen LogP contribution in [0.2, 0.25) is 0 Å². The average molecular weight is 315 g/mol. The first-order chi connectivity index (χ1) is 11.8. The summed E-state index contributed by atoms with van der Waals surface area (Å²) in [5.41, 5.74) is 5.26. The Kier molecular flexibility index (Phi) is 3.63. The number of benzene rings is 2. The van der Waals surface area contributed by atoms with Gasteiger partial charge in [-0.3, -0.25) is 10.1 Å². The quantitative estimate of drug-likeness (QED) is 0.581. The standard InChI is InChI=1S/C20H14FN3/c21-16-11-9-15(10-12-16)20-18(17-8-4-5-13-22-17)19(23-24-20)14-6-2-1-3-7-14/h1-13H,(H,23,24). The highest BCUT2D eigenvalue weighted by molar-refractivity contribution is 5.89. The first-order valence-electron chi connectivity index (χ1n) is 7.64. The Labute approximate surface area is 138 Å². The van der Waals surface area contributed by atoms with Gasteiger partial charge in [-0.25, -0.2) is 4.39 Å². The van der Waals surface area contributed by atoms with Crippen molar-refractivity contribution in [2.75, 3.05) is 0 Å². The number of nitrogens with zero attached hydrogens (tertiary/aromatic N) is 2. The molecule has 0 bridgehead atoms. The summed E-state index contributed by atoms with van der Waals surface area (Å²) in [5, 5.41) is 7.60. The molecular formula is C20H14FN3. The summed E-state index contributed by atoms with van der Waals surface area (Å²) in [6.07, 6.45) is 1.76. The first-order valence-corrected chi connectivity index (χ1v) is 7.64. The summed E-state index contributed by atoms with van der Waals surface area (Å²) in [6, 6.07) is 22.1. The topological polar surface area (TPSA) is 41.6 Å². The fourth-order valence-electron chi connectivity index (χ4n) is 2.73. The van der Waals surface area contributed by atoms with Gasteiger partial charge in [-0.05, 0) is 36.4 Å². The summed E-state index contributed by atoms with van der Waals surface area (Å²) >= 11 is 0. The number of rotatable bonds is 3. The number of nitrogens with one attached hydrogen (secondary N) is 1. The van der Waals surface area contributed by atoms with Crippen molar-refractivity contribution in [2.45, 2.75) is 0 Å². The van der Waals surface area contributed by atoms with Gasteiger partial charge in [0.15, 0.2) is 0 Å². The Bertz CT molecular complexity index is 945. The summed E-state index contributed by atoms with van der Waals surface area (Å²) in [6.45, 7) is 0. The van der Waals surface area contributed by atoms with Crippen LogP contribution >= 0.6 is 0 Å². The van der Waals surface area contributed by atoms with Crippen molar-refractivity contribution >= 4 is 0 Å². The van der Waals surface area contributed by atoms with Gasteiger partial charge in [-0.2, -0.15) is 5.10 Å². The van der Waals surface area contributed by atoms with Crippen molar-refractivity contribution in [1.82, 2.24) is 15.2 Å². The first kappa shape index (κ1) is 14.3. The third kappa shape index (κ3) is 2.58. The van der Waals surface area contributed by atoms with Crippen molar-refractivity contribution in [3.05, 3.63) is 84.8 Å². The molecule has 0 atom stereocenters. The number of aromatic amines is 1. The minimum absolute atomic E-state index is 0.263. The zero-order valence-electron chi connectivity index (χ0n) is 12.8. The van der Waals surface area contributed by atoms with Crippen LogP contribution in [0.3, 0.4) is 0 Å². The maximum absolute atomic E-state index is 13.3. The molecule has 0 fully saturated rings. The van der Waals surface area contributed by atoms with Gasteiger partial charge in [0.05, 0.1) is 17.0 Å². The fourth-order valence-corrected chi connectivity index (χ4v) is 2.73. The molecule has 2 aromatic heterocycles. The molecule has 0 spiro atoms. The number of pyridine rings is 1. The van der Waals surface area contributed by atoms with E-state index in [2.05, 4.69) is 15.2 Å². The molecule has 4 aromatic rings. The Morgan fingerprint density at radius 2 is 1.50 bits per heavy atom. The molecule has 0 aliphatic carbocycles. The molecule has 4 rings (SSSR count). The van der Waals surface area contributed by atoms with E-state index >= 15 is 0 Å². The molecule has 0 amide bonds. The zero-order valence-corrected chi connectivity index (χ0v) is 12.8. The van der Waals surface area contributed by atoms with Crippen LogP contribution in [0.25, 0.3) is 33.8 Å². The summed E-state index contributed by atoms with van der Waals surface area (Å²) in [7, 11) is 0. The van der Waals surface area contributed by atoms with Gasteiger partial charge in [0.25, 0.3) is 0 Å². The lowest BCUT2D eigenvalue weighted by molar-refractivity contribution is 0.628. The van der Waals surface area contributed by atoms with E-state index in [-0.39, 0.29) is 5.82 Å². The minimum Gasteiger partial charge on any atom is -0.277 e. The number of halogens is 1. The molecule has 0 saturated carbocycles. The molecule has 0 saturated heterocycles. The molecule has 2 aromatic carbocycles. The number of aromatic nitrogens is 3. The van der Waals surface area contributed by atoms with E-state index in [0.717, 1.165) is 33.8 Å². The molecule has 2 heterocycles. The lowest BCUT2D eigenvalue weighted by atomic mass is 9.99. The summed E-state index contributed by atoms with van der Waals surface area (Å²) < 4.78 is 13.3. The number of H-pyrrole nitrogens is 1. The van der Waals surface area contributed by atoms with Crippen LogP contribution < -0.4 is 0 Å². The molecule has 0 aliphatic heterocycles. The molecule has 3 nitrogen and oxygen atoms in total. The minimum atomic E-state index is -0.263. The van der Waals surface area contributed by atoms with E-state index in [1.165, 1.54) is 12.1 Å². The molecule has 4 heteroatoms. The molecule has 116 valence electrons. The van der Waals surface area contributed by atoms with Gasteiger partial charge >= 0.3 is 0 Å². The van der Waals surface area contributed by atoms with Gasteiger partial charge in [0, 0.05) is 17.3 Å². The van der Waals surface area contributed by atoms with Crippen LogP contribution in [0.5, 0.6) is 0 Å². The predicted octanol–water partition coefficient (Wildman–Crippen LogP) is 4.94. The van der Waals surface area contributed by atoms with Crippen LogP contribution in [-0.2, 0) is 0 Å². The third-order valence-electron chi connectivity index (χ3n) is 3.87. The number of hydrogen-bond acceptors (Lipinski definition) is 2. The molecule has 0 aliphatic rings. The molecule has 0 radical (unpaired) electrons. The SMILES string of the molecule is Fc1ccc(-c2[nH]nc(-c3ccccc3)c2-c2ccccn2)cc1. The van der Waals surface area contributed by atoms with Crippen molar-refractivity contribution in [3.8, 4) is 33.8 Å². The zero-order chi connectivity index (χ0) is 16.4. The Hall–Kier alpha value is -3.27. The van der Waals surface area contributed by atoms with Gasteiger partial charge in [0.1, 0.15) is 11.5 Å². The Morgan fingerprint density at radius 3 is 2.21 bits per heavy atom. The van der Waals surface area contributed by atoms with Crippen LogP contribution in [0.15, 0.2) is 79.0 Å². The Balaban J connectivity index is 1.95. The van der Waals surface area contributed by atoms with Crippen molar-refractivity contribution < 1.29 is 4.39 Å². The van der Waals surface area contributed by atoms with E-state index in [4.69, 9.17) is 0 Å². The van der Waals surface area contributed by atoms with Crippen molar-refractivity contribution in [2.24, 2.45) is 0 Å². The molecule has 0 unspecified atom stereocenters. The van der Waals surface area contributed by atoms with Crippen LogP contribution in [-0.4, -0.2) is 15.2 Å². The van der Waals surface area contributed by atoms with E-state index in [1.807, 2.05) is 48.5 Å².